The Morgan fingerprint density at radius 1 is 1.35 bits per heavy atom. The van der Waals surface area contributed by atoms with E-state index >= 15 is 0 Å². The van der Waals surface area contributed by atoms with Gasteiger partial charge in [-0.2, -0.15) is 0 Å². The first-order valence-electron chi connectivity index (χ1n) is 9.44. The number of carbonyl (C=O) groups excluding carboxylic acids is 1. The number of rotatable bonds is 3. The van der Waals surface area contributed by atoms with Crippen molar-refractivity contribution in [3.05, 3.63) is 48.2 Å². The second-order valence-corrected chi connectivity index (χ2v) is 7.71. The van der Waals surface area contributed by atoms with E-state index < -0.39 is 0 Å². The van der Waals surface area contributed by atoms with Crippen molar-refractivity contribution in [3.63, 3.8) is 0 Å². The van der Waals surface area contributed by atoms with Crippen LogP contribution in [-0.2, 0) is 6.54 Å². The molecular weight excluding hydrogens is 326 g/mol. The SMILES string of the molecule is CCn1cnnc1C1CN(C(=O)c2ccc3[nH]ccc3c2)CC12CCC2. The van der Waals surface area contributed by atoms with Crippen LogP contribution in [-0.4, -0.2) is 43.6 Å². The number of likely N-dealkylation sites (tertiary alicyclic amines) is 1. The number of aromatic nitrogens is 4. The minimum Gasteiger partial charge on any atom is -0.361 e. The van der Waals surface area contributed by atoms with Crippen molar-refractivity contribution in [3.8, 4) is 0 Å². The fourth-order valence-electron chi connectivity index (χ4n) is 4.76. The fourth-order valence-corrected chi connectivity index (χ4v) is 4.76. The topological polar surface area (TPSA) is 66.8 Å². The minimum atomic E-state index is 0.129. The van der Waals surface area contributed by atoms with Crippen LogP contribution in [0.4, 0.5) is 0 Å². The van der Waals surface area contributed by atoms with Gasteiger partial charge in [-0.25, -0.2) is 0 Å². The molecular formula is C20H23N5O. The number of hydrogen-bond acceptors (Lipinski definition) is 3. The van der Waals surface area contributed by atoms with Gasteiger partial charge in [0.05, 0.1) is 0 Å². The highest BCUT2D eigenvalue weighted by molar-refractivity contribution is 5.98. The zero-order valence-corrected chi connectivity index (χ0v) is 15.0. The van der Waals surface area contributed by atoms with Gasteiger partial charge >= 0.3 is 0 Å². The van der Waals surface area contributed by atoms with E-state index in [9.17, 15) is 4.79 Å². The van der Waals surface area contributed by atoms with Gasteiger partial charge in [0.15, 0.2) is 0 Å². The third-order valence-corrected chi connectivity index (χ3v) is 6.38. The average molecular weight is 349 g/mol. The largest absolute Gasteiger partial charge is 0.361 e. The number of nitrogens with one attached hydrogen (secondary N) is 1. The predicted molar refractivity (Wildman–Crippen MR) is 98.9 cm³/mol. The zero-order chi connectivity index (χ0) is 17.7. The lowest BCUT2D eigenvalue weighted by molar-refractivity contribution is 0.0723. The molecule has 1 atom stereocenters. The molecule has 1 aliphatic heterocycles. The molecule has 2 aromatic heterocycles. The van der Waals surface area contributed by atoms with E-state index in [0.717, 1.165) is 41.9 Å². The molecule has 2 aliphatic rings. The monoisotopic (exact) mass is 349 g/mol. The molecule has 1 amide bonds. The van der Waals surface area contributed by atoms with Crippen LogP contribution in [0.5, 0.6) is 0 Å². The summed E-state index contributed by atoms with van der Waals surface area (Å²) in [5, 5.41) is 9.62. The summed E-state index contributed by atoms with van der Waals surface area (Å²) in [6.45, 7) is 4.55. The van der Waals surface area contributed by atoms with Crippen LogP contribution < -0.4 is 0 Å². The fraction of sp³-hybridized carbons (Fsp3) is 0.450. The van der Waals surface area contributed by atoms with Gasteiger partial charge in [-0.3, -0.25) is 4.79 Å². The standard InChI is InChI=1S/C20H23N5O/c1-2-24-13-22-23-18(24)16-11-25(12-20(16)7-3-8-20)19(26)15-4-5-17-14(10-15)6-9-21-17/h4-6,9-10,13,16,21H,2-3,7-8,11-12H2,1H3. The average Bonchev–Trinajstić information content (AvgIpc) is 3.35. The molecule has 3 aromatic rings. The smallest absolute Gasteiger partial charge is 0.253 e. The van der Waals surface area contributed by atoms with Gasteiger partial charge in [0, 0.05) is 48.2 Å². The summed E-state index contributed by atoms with van der Waals surface area (Å²) in [6.07, 6.45) is 7.32. The van der Waals surface area contributed by atoms with Crippen LogP contribution in [0.25, 0.3) is 10.9 Å². The maximum absolute atomic E-state index is 13.2. The molecule has 0 radical (unpaired) electrons. The first kappa shape index (κ1) is 15.6. The minimum absolute atomic E-state index is 0.129. The normalized spacial score (nSPS) is 21.4. The molecule has 1 aromatic carbocycles. The number of benzene rings is 1. The molecule has 1 saturated carbocycles. The molecule has 1 spiro atoms. The summed E-state index contributed by atoms with van der Waals surface area (Å²) in [5.41, 5.74) is 2.02. The molecule has 3 heterocycles. The second kappa shape index (κ2) is 5.69. The van der Waals surface area contributed by atoms with Crippen molar-refractivity contribution in [1.29, 1.82) is 0 Å². The van der Waals surface area contributed by atoms with Gasteiger partial charge in [-0.15, -0.1) is 10.2 Å². The van der Waals surface area contributed by atoms with Crippen molar-refractivity contribution < 1.29 is 4.79 Å². The Morgan fingerprint density at radius 3 is 3.00 bits per heavy atom. The number of carbonyl (C=O) groups is 1. The van der Waals surface area contributed by atoms with Gasteiger partial charge in [0.1, 0.15) is 12.2 Å². The van der Waals surface area contributed by atoms with Gasteiger partial charge < -0.3 is 14.5 Å². The lowest BCUT2D eigenvalue weighted by Crippen LogP contribution is -2.38. The van der Waals surface area contributed by atoms with Crippen LogP contribution in [0.3, 0.4) is 0 Å². The van der Waals surface area contributed by atoms with E-state index in [4.69, 9.17) is 0 Å². The first-order chi connectivity index (χ1) is 12.7. The Morgan fingerprint density at radius 2 is 2.23 bits per heavy atom. The van der Waals surface area contributed by atoms with Crippen LogP contribution in [0.1, 0.15) is 48.3 Å². The summed E-state index contributed by atoms with van der Waals surface area (Å²) in [5.74, 6) is 1.46. The van der Waals surface area contributed by atoms with E-state index in [1.165, 1.54) is 19.3 Å². The molecule has 134 valence electrons. The number of hydrogen-bond donors (Lipinski definition) is 1. The number of nitrogens with zero attached hydrogens (tertiary/aromatic N) is 4. The highest BCUT2D eigenvalue weighted by atomic mass is 16.2. The quantitative estimate of drug-likeness (QED) is 0.790. The van der Waals surface area contributed by atoms with Crippen molar-refractivity contribution in [2.75, 3.05) is 13.1 Å². The second-order valence-electron chi connectivity index (χ2n) is 7.71. The van der Waals surface area contributed by atoms with Gasteiger partial charge in [0.25, 0.3) is 5.91 Å². The first-order valence-corrected chi connectivity index (χ1v) is 9.44. The number of aryl methyl sites for hydroxylation is 1. The molecule has 26 heavy (non-hydrogen) atoms. The van der Waals surface area contributed by atoms with Crippen molar-refractivity contribution >= 4 is 16.8 Å². The summed E-state index contributed by atoms with van der Waals surface area (Å²) >= 11 is 0. The predicted octanol–water partition coefficient (Wildman–Crippen LogP) is 3.19. The maximum Gasteiger partial charge on any atom is 0.253 e. The van der Waals surface area contributed by atoms with Gasteiger partial charge in [-0.05, 0) is 49.4 Å². The summed E-state index contributed by atoms with van der Waals surface area (Å²) in [6, 6.07) is 7.92. The maximum atomic E-state index is 13.2. The highest BCUT2D eigenvalue weighted by Gasteiger charge is 2.53. The van der Waals surface area contributed by atoms with E-state index in [1.54, 1.807) is 0 Å². The number of fused-ring (bicyclic) bond motifs is 1. The van der Waals surface area contributed by atoms with E-state index in [2.05, 4.69) is 26.7 Å². The molecule has 2 fully saturated rings. The Balaban J connectivity index is 1.46. The zero-order valence-electron chi connectivity index (χ0n) is 15.0. The van der Waals surface area contributed by atoms with Crippen LogP contribution >= 0.6 is 0 Å². The number of H-pyrrole nitrogens is 1. The summed E-state index contributed by atoms with van der Waals surface area (Å²) in [7, 11) is 0. The molecule has 5 rings (SSSR count). The van der Waals surface area contributed by atoms with Crippen LogP contribution in [0, 0.1) is 5.41 Å². The molecule has 0 bridgehead atoms. The molecule has 1 aliphatic carbocycles. The Kier molecular flexibility index (Phi) is 3.42. The lowest BCUT2D eigenvalue weighted by Gasteiger charge is -2.42. The van der Waals surface area contributed by atoms with E-state index in [-0.39, 0.29) is 11.3 Å². The summed E-state index contributed by atoms with van der Waals surface area (Å²) in [4.78, 5) is 18.4. The molecule has 1 unspecified atom stereocenters. The molecule has 1 saturated heterocycles. The van der Waals surface area contributed by atoms with Gasteiger partial charge in [0.2, 0.25) is 0 Å². The molecule has 1 N–H and O–H groups in total. The van der Waals surface area contributed by atoms with E-state index in [1.807, 2.05) is 41.7 Å². The summed E-state index contributed by atoms with van der Waals surface area (Å²) < 4.78 is 2.13. The molecule has 6 nitrogen and oxygen atoms in total. The third kappa shape index (κ3) is 2.21. The number of aromatic amines is 1. The Bertz CT molecular complexity index is 967. The lowest BCUT2D eigenvalue weighted by atomic mass is 9.62. The highest BCUT2D eigenvalue weighted by Crippen LogP contribution is 2.55. The third-order valence-electron chi connectivity index (χ3n) is 6.38. The van der Waals surface area contributed by atoms with Crippen LogP contribution in [0.2, 0.25) is 0 Å². The molecule has 6 heteroatoms. The Hall–Kier alpha value is -2.63. The van der Waals surface area contributed by atoms with Crippen molar-refractivity contribution in [1.82, 2.24) is 24.6 Å². The van der Waals surface area contributed by atoms with Gasteiger partial charge in [-0.1, -0.05) is 6.42 Å². The van der Waals surface area contributed by atoms with Crippen LogP contribution in [0.15, 0.2) is 36.8 Å². The van der Waals surface area contributed by atoms with Crippen molar-refractivity contribution in [2.24, 2.45) is 5.41 Å². The Labute approximate surface area is 152 Å². The van der Waals surface area contributed by atoms with E-state index in [0.29, 0.717) is 5.92 Å². The van der Waals surface area contributed by atoms with Crippen molar-refractivity contribution in [2.45, 2.75) is 38.6 Å². The number of amides is 1.